The van der Waals surface area contributed by atoms with Crippen LogP contribution in [0, 0.1) is 0 Å². The summed E-state index contributed by atoms with van der Waals surface area (Å²) >= 11 is 1.75. The van der Waals surface area contributed by atoms with Crippen LogP contribution in [0.4, 0.5) is 0 Å². The third kappa shape index (κ3) is 3.31. The summed E-state index contributed by atoms with van der Waals surface area (Å²) in [5, 5.41) is 4.36. The summed E-state index contributed by atoms with van der Waals surface area (Å²) < 4.78 is 5.40. The molecule has 0 bridgehead atoms. The van der Waals surface area contributed by atoms with Crippen LogP contribution in [0.3, 0.4) is 0 Å². The van der Waals surface area contributed by atoms with Crippen LogP contribution in [-0.4, -0.2) is 78.6 Å². The van der Waals surface area contributed by atoms with Crippen molar-refractivity contribution >= 4 is 17.2 Å². The Labute approximate surface area is 141 Å². The average Bonchev–Trinajstić information content (AvgIpc) is 3.27. The lowest BCUT2D eigenvalue weighted by Crippen LogP contribution is -2.44. The molecule has 1 amide bonds. The first kappa shape index (κ1) is 15.6. The highest BCUT2D eigenvalue weighted by atomic mass is 32.1. The monoisotopic (exact) mass is 335 g/mol. The fourth-order valence-electron chi connectivity index (χ4n) is 4.19. The maximum absolute atomic E-state index is 12.5. The number of hydrogen-bond acceptors (Lipinski definition) is 5. The third-order valence-electron chi connectivity index (χ3n) is 5.46. The SMILES string of the molecule is O=C1C[C@H]2[C@@H](CCN2Cc2ccsc2)N1CCN1CCOCC1. The molecule has 1 aromatic rings. The molecule has 6 heteroatoms. The summed E-state index contributed by atoms with van der Waals surface area (Å²) in [5.41, 5.74) is 1.38. The largest absolute Gasteiger partial charge is 0.379 e. The molecule has 3 aliphatic heterocycles. The van der Waals surface area contributed by atoms with E-state index in [1.54, 1.807) is 11.3 Å². The zero-order valence-corrected chi connectivity index (χ0v) is 14.3. The number of morpholine rings is 1. The number of carbonyl (C=O) groups is 1. The molecule has 3 fully saturated rings. The second-order valence-corrected chi connectivity index (χ2v) is 7.55. The first-order chi connectivity index (χ1) is 11.3. The van der Waals surface area contributed by atoms with E-state index in [0.29, 0.717) is 24.4 Å². The Bertz CT molecular complexity index is 530. The molecule has 4 rings (SSSR count). The van der Waals surface area contributed by atoms with E-state index in [1.165, 1.54) is 5.56 Å². The number of amides is 1. The summed E-state index contributed by atoms with van der Waals surface area (Å²) in [6, 6.07) is 3.06. The van der Waals surface area contributed by atoms with Crippen molar-refractivity contribution < 1.29 is 9.53 Å². The molecule has 0 spiro atoms. The fraction of sp³-hybridized carbons (Fsp3) is 0.706. The smallest absolute Gasteiger partial charge is 0.224 e. The van der Waals surface area contributed by atoms with Gasteiger partial charge in [-0.2, -0.15) is 11.3 Å². The average molecular weight is 335 g/mol. The van der Waals surface area contributed by atoms with Crippen molar-refractivity contribution in [2.45, 2.75) is 31.5 Å². The van der Waals surface area contributed by atoms with Crippen LogP contribution in [0.25, 0.3) is 0 Å². The number of likely N-dealkylation sites (tertiary alicyclic amines) is 2. The number of hydrogen-bond donors (Lipinski definition) is 0. The fourth-order valence-corrected chi connectivity index (χ4v) is 4.85. The topological polar surface area (TPSA) is 36.0 Å². The van der Waals surface area contributed by atoms with Crippen molar-refractivity contribution in [1.29, 1.82) is 0 Å². The maximum atomic E-state index is 12.5. The van der Waals surface area contributed by atoms with Crippen molar-refractivity contribution in [1.82, 2.24) is 14.7 Å². The molecule has 0 unspecified atom stereocenters. The van der Waals surface area contributed by atoms with Crippen LogP contribution in [0.15, 0.2) is 16.8 Å². The van der Waals surface area contributed by atoms with Crippen LogP contribution in [-0.2, 0) is 16.1 Å². The summed E-state index contributed by atoms with van der Waals surface area (Å²) in [7, 11) is 0. The number of ether oxygens (including phenoxy) is 1. The van der Waals surface area contributed by atoms with E-state index < -0.39 is 0 Å². The molecule has 5 nitrogen and oxygen atoms in total. The molecular formula is C17H25N3O2S. The summed E-state index contributed by atoms with van der Waals surface area (Å²) in [5.74, 6) is 0.350. The number of thiophene rings is 1. The van der Waals surface area contributed by atoms with Gasteiger partial charge in [-0.15, -0.1) is 0 Å². The summed E-state index contributed by atoms with van der Waals surface area (Å²) in [4.78, 5) is 19.6. The highest BCUT2D eigenvalue weighted by Gasteiger charge is 2.46. The van der Waals surface area contributed by atoms with Gasteiger partial charge in [-0.1, -0.05) is 0 Å². The Morgan fingerprint density at radius 1 is 1.17 bits per heavy atom. The van der Waals surface area contributed by atoms with Gasteiger partial charge >= 0.3 is 0 Å². The van der Waals surface area contributed by atoms with Crippen molar-refractivity contribution in [3.05, 3.63) is 22.4 Å². The third-order valence-corrected chi connectivity index (χ3v) is 6.19. The molecule has 0 saturated carbocycles. The van der Waals surface area contributed by atoms with Crippen LogP contribution in [0.2, 0.25) is 0 Å². The molecule has 0 N–H and O–H groups in total. The van der Waals surface area contributed by atoms with Crippen molar-refractivity contribution in [3.63, 3.8) is 0 Å². The lowest BCUT2D eigenvalue weighted by atomic mass is 10.1. The van der Waals surface area contributed by atoms with Crippen LogP contribution >= 0.6 is 11.3 Å². The number of fused-ring (bicyclic) bond motifs is 1. The van der Waals surface area contributed by atoms with Gasteiger partial charge in [-0.25, -0.2) is 0 Å². The van der Waals surface area contributed by atoms with Gasteiger partial charge in [0.15, 0.2) is 0 Å². The minimum atomic E-state index is 0.350. The lowest BCUT2D eigenvalue weighted by molar-refractivity contribution is -0.129. The predicted octanol–water partition coefficient (Wildman–Crippen LogP) is 1.26. The van der Waals surface area contributed by atoms with Crippen LogP contribution in [0.1, 0.15) is 18.4 Å². The van der Waals surface area contributed by atoms with E-state index in [1.807, 2.05) is 0 Å². The molecule has 0 radical (unpaired) electrons. The van der Waals surface area contributed by atoms with Crippen LogP contribution < -0.4 is 0 Å². The maximum Gasteiger partial charge on any atom is 0.224 e. The quantitative estimate of drug-likeness (QED) is 0.812. The lowest BCUT2D eigenvalue weighted by Gasteiger charge is -2.30. The number of carbonyl (C=O) groups excluding carboxylic acids is 1. The highest BCUT2D eigenvalue weighted by molar-refractivity contribution is 7.07. The zero-order chi connectivity index (χ0) is 15.6. The standard InChI is InChI=1S/C17H25N3O2S/c21-17-11-16-15(1-3-19(16)12-14-2-10-23-13-14)20(17)5-4-18-6-8-22-9-7-18/h2,10,13,15-16H,1,3-9,11-12H2/t15-,16+/m1/s1. The first-order valence-corrected chi connectivity index (χ1v) is 9.60. The van der Waals surface area contributed by atoms with Gasteiger partial charge in [0, 0.05) is 57.8 Å². The molecule has 4 heterocycles. The Morgan fingerprint density at radius 2 is 2.04 bits per heavy atom. The second kappa shape index (κ2) is 6.89. The van der Waals surface area contributed by atoms with E-state index in [-0.39, 0.29) is 0 Å². The van der Waals surface area contributed by atoms with Gasteiger partial charge in [-0.05, 0) is 28.8 Å². The number of rotatable bonds is 5. The molecule has 0 aliphatic carbocycles. The second-order valence-electron chi connectivity index (χ2n) is 6.77. The Balaban J connectivity index is 1.34. The van der Waals surface area contributed by atoms with Gasteiger partial charge in [0.05, 0.1) is 13.2 Å². The Hall–Kier alpha value is -0.950. The highest BCUT2D eigenvalue weighted by Crippen LogP contribution is 2.33. The van der Waals surface area contributed by atoms with Crippen molar-refractivity contribution in [2.24, 2.45) is 0 Å². The van der Waals surface area contributed by atoms with Gasteiger partial charge in [0.1, 0.15) is 0 Å². The van der Waals surface area contributed by atoms with Gasteiger partial charge in [-0.3, -0.25) is 14.6 Å². The Kier molecular flexibility index (Phi) is 4.66. The molecular weight excluding hydrogens is 310 g/mol. The van der Waals surface area contributed by atoms with Crippen LogP contribution in [0.5, 0.6) is 0 Å². The van der Waals surface area contributed by atoms with Gasteiger partial charge in [0.25, 0.3) is 0 Å². The van der Waals surface area contributed by atoms with E-state index >= 15 is 0 Å². The zero-order valence-electron chi connectivity index (χ0n) is 13.5. The first-order valence-electron chi connectivity index (χ1n) is 8.66. The predicted molar refractivity (Wildman–Crippen MR) is 90.5 cm³/mol. The van der Waals surface area contributed by atoms with Crippen molar-refractivity contribution in [2.75, 3.05) is 45.9 Å². The van der Waals surface area contributed by atoms with E-state index in [4.69, 9.17) is 4.74 Å². The molecule has 3 aliphatic rings. The molecule has 23 heavy (non-hydrogen) atoms. The van der Waals surface area contributed by atoms with Crippen molar-refractivity contribution in [3.8, 4) is 0 Å². The summed E-state index contributed by atoms with van der Waals surface area (Å²) in [6.45, 7) is 7.64. The molecule has 3 saturated heterocycles. The molecule has 1 aromatic heterocycles. The minimum Gasteiger partial charge on any atom is -0.379 e. The normalized spacial score (nSPS) is 29.4. The van der Waals surface area contributed by atoms with E-state index in [2.05, 4.69) is 31.5 Å². The number of nitrogens with zero attached hydrogens (tertiary/aromatic N) is 3. The van der Waals surface area contributed by atoms with Gasteiger partial charge in [0.2, 0.25) is 5.91 Å². The Morgan fingerprint density at radius 3 is 2.83 bits per heavy atom. The molecule has 0 aromatic carbocycles. The van der Waals surface area contributed by atoms with E-state index in [0.717, 1.165) is 58.9 Å². The minimum absolute atomic E-state index is 0.350. The molecule has 126 valence electrons. The molecule has 2 atom stereocenters. The summed E-state index contributed by atoms with van der Waals surface area (Å²) in [6.07, 6.45) is 1.83. The van der Waals surface area contributed by atoms with E-state index in [9.17, 15) is 4.79 Å². The van der Waals surface area contributed by atoms with Gasteiger partial charge < -0.3 is 9.64 Å².